The Balaban J connectivity index is 1.11. The van der Waals surface area contributed by atoms with Crippen LogP contribution in [0.5, 0.6) is 0 Å². The van der Waals surface area contributed by atoms with Gasteiger partial charge in [-0.25, -0.2) is 9.97 Å². The molecule has 0 saturated carbocycles. The van der Waals surface area contributed by atoms with E-state index in [4.69, 9.17) is 24.4 Å². The third-order valence-electron chi connectivity index (χ3n) is 10.7. The molecule has 0 fully saturated rings. The summed E-state index contributed by atoms with van der Waals surface area (Å²) in [4.78, 5) is 20.8. The zero-order valence-electron chi connectivity index (χ0n) is 29.8. The fraction of sp³-hybridized carbons (Fsp3) is 0. The Labute approximate surface area is 319 Å². The van der Waals surface area contributed by atoms with Crippen molar-refractivity contribution >= 4 is 60.8 Å². The highest BCUT2D eigenvalue weighted by Gasteiger charge is 2.26. The van der Waals surface area contributed by atoms with E-state index >= 15 is 0 Å². The lowest BCUT2D eigenvalue weighted by Crippen LogP contribution is -2.07. The Morgan fingerprint density at radius 2 is 1.05 bits per heavy atom. The van der Waals surface area contributed by atoms with Crippen LogP contribution in [0.15, 0.2) is 180 Å². The van der Waals surface area contributed by atoms with Gasteiger partial charge in [-0.3, -0.25) is 13.5 Å². The van der Waals surface area contributed by atoms with Crippen molar-refractivity contribution < 1.29 is 4.42 Å². The highest BCUT2D eigenvalue weighted by Crippen LogP contribution is 2.39. The number of hydrogen-bond donors (Lipinski definition) is 0. The number of nitrogens with zero attached hydrogens (tertiary/aromatic N) is 7. The summed E-state index contributed by atoms with van der Waals surface area (Å²) in [6, 6.07) is 60.1. The van der Waals surface area contributed by atoms with Gasteiger partial charge in [-0.2, -0.15) is 9.97 Å². The summed E-state index contributed by atoms with van der Waals surface area (Å²) in [5.41, 5.74) is 11.5. The van der Waals surface area contributed by atoms with Gasteiger partial charge in [0.1, 0.15) is 16.7 Å². The molecule has 56 heavy (non-hydrogen) atoms. The summed E-state index contributed by atoms with van der Waals surface area (Å²) < 4.78 is 13.0. The molecule has 0 N–H and O–H groups in total. The van der Waals surface area contributed by atoms with Gasteiger partial charge in [0, 0.05) is 38.5 Å². The molecule has 12 aromatic rings. The maximum Gasteiger partial charge on any atom is 0.240 e. The van der Waals surface area contributed by atoms with Crippen LogP contribution in [0, 0.1) is 0 Å². The molecule has 0 unspecified atom stereocenters. The average Bonchev–Trinajstić information content (AvgIpc) is 4.01. The van der Waals surface area contributed by atoms with Gasteiger partial charge in [0.05, 0.1) is 16.6 Å². The van der Waals surface area contributed by atoms with Gasteiger partial charge in [-0.15, -0.1) is 0 Å². The molecular weight excluding hydrogens is 691 g/mol. The van der Waals surface area contributed by atoms with Crippen molar-refractivity contribution in [1.82, 2.24) is 33.5 Å². The van der Waals surface area contributed by atoms with Gasteiger partial charge >= 0.3 is 0 Å². The van der Waals surface area contributed by atoms with Gasteiger partial charge in [-0.1, -0.05) is 140 Å². The summed E-state index contributed by atoms with van der Waals surface area (Å²) in [5.74, 6) is 2.49. The predicted molar refractivity (Wildman–Crippen MR) is 223 cm³/mol. The van der Waals surface area contributed by atoms with Crippen molar-refractivity contribution in [3.8, 4) is 45.5 Å². The Morgan fingerprint density at radius 3 is 1.86 bits per heavy atom. The van der Waals surface area contributed by atoms with Crippen molar-refractivity contribution in [2.75, 3.05) is 0 Å². The summed E-state index contributed by atoms with van der Waals surface area (Å²) in [6.45, 7) is 0. The molecule has 5 heterocycles. The number of hydrogen-bond acceptors (Lipinski definition) is 5. The highest BCUT2D eigenvalue weighted by atomic mass is 16.3. The first kappa shape index (κ1) is 30.6. The molecule has 0 aliphatic carbocycles. The Morgan fingerprint density at radius 1 is 0.429 bits per heavy atom. The molecule has 0 radical (unpaired) electrons. The van der Waals surface area contributed by atoms with Crippen molar-refractivity contribution in [3.05, 3.63) is 176 Å². The standard InChI is InChI=1S/C48H29N7O/c1-3-14-31(15-4-1)44-50-45(32-28-26-30(27-29-32)34-20-13-21-36-35-18-8-12-25-41(35)56-43(34)36)52-47(51-44)54-39-23-10-7-19-37(39)42-46(54)55-40-24-11-9-22-38(40)49-48(55)53(42)33-16-5-2-6-17-33/h1-29H. The second-order valence-electron chi connectivity index (χ2n) is 13.9. The fourth-order valence-electron chi connectivity index (χ4n) is 8.22. The normalized spacial score (nSPS) is 11.9. The number of benzene rings is 7. The van der Waals surface area contributed by atoms with Crippen molar-refractivity contribution in [2.24, 2.45) is 0 Å². The van der Waals surface area contributed by atoms with E-state index in [1.807, 2.05) is 60.7 Å². The maximum absolute atomic E-state index is 6.38. The minimum Gasteiger partial charge on any atom is -0.455 e. The number of fused-ring (bicyclic) bond motifs is 10. The van der Waals surface area contributed by atoms with Crippen LogP contribution >= 0.6 is 0 Å². The van der Waals surface area contributed by atoms with Gasteiger partial charge in [0.2, 0.25) is 11.7 Å². The third kappa shape index (κ3) is 4.47. The van der Waals surface area contributed by atoms with E-state index in [1.54, 1.807) is 0 Å². The zero-order valence-corrected chi connectivity index (χ0v) is 29.8. The number of para-hydroxylation sites is 6. The molecule has 8 nitrogen and oxygen atoms in total. The number of aromatic nitrogens is 7. The van der Waals surface area contributed by atoms with Gasteiger partial charge < -0.3 is 4.42 Å². The van der Waals surface area contributed by atoms with Crippen LogP contribution in [0.25, 0.3) is 106 Å². The highest BCUT2D eigenvalue weighted by molar-refractivity contribution is 6.11. The molecule has 0 amide bonds. The Kier molecular flexibility index (Phi) is 6.47. The van der Waals surface area contributed by atoms with Gasteiger partial charge in [0.25, 0.3) is 0 Å². The summed E-state index contributed by atoms with van der Waals surface area (Å²) in [5, 5.41) is 3.27. The summed E-state index contributed by atoms with van der Waals surface area (Å²) in [6.07, 6.45) is 0. The number of rotatable bonds is 5. The average molecular weight is 720 g/mol. The minimum atomic E-state index is 0.515. The van der Waals surface area contributed by atoms with Crippen molar-refractivity contribution in [2.45, 2.75) is 0 Å². The summed E-state index contributed by atoms with van der Waals surface area (Å²) in [7, 11) is 0. The van der Waals surface area contributed by atoms with E-state index in [9.17, 15) is 0 Å². The lowest BCUT2D eigenvalue weighted by molar-refractivity contribution is 0.670. The van der Waals surface area contributed by atoms with Crippen LogP contribution in [0.2, 0.25) is 0 Å². The van der Waals surface area contributed by atoms with E-state index < -0.39 is 0 Å². The SMILES string of the molecule is c1ccc(-c2nc(-c3ccc(-c4cccc5c4oc4ccccc45)cc3)nc(-n3c4ccccc4c4c3n3c5ccccc5nc3n4-c3ccccc3)n2)cc1. The quantitative estimate of drug-likeness (QED) is 0.177. The van der Waals surface area contributed by atoms with Crippen molar-refractivity contribution in [1.29, 1.82) is 0 Å². The Hall–Kier alpha value is -7.84. The van der Waals surface area contributed by atoms with Crippen LogP contribution in [-0.4, -0.2) is 33.5 Å². The lowest BCUT2D eigenvalue weighted by Gasteiger charge is -2.11. The molecule has 12 rings (SSSR count). The smallest absolute Gasteiger partial charge is 0.240 e. The van der Waals surface area contributed by atoms with E-state index in [2.05, 4.69) is 129 Å². The number of furan rings is 1. The second-order valence-corrected chi connectivity index (χ2v) is 13.9. The van der Waals surface area contributed by atoms with Crippen LogP contribution in [0.1, 0.15) is 0 Å². The molecule has 262 valence electrons. The van der Waals surface area contributed by atoms with E-state index in [-0.39, 0.29) is 0 Å². The number of imidazole rings is 2. The van der Waals surface area contributed by atoms with Gasteiger partial charge in [-0.05, 0) is 42.0 Å². The first-order chi connectivity index (χ1) is 27.8. The molecule has 0 aliphatic heterocycles. The zero-order chi connectivity index (χ0) is 36.7. The van der Waals surface area contributed by atoms with Crippen LogP contribution in [0.3, 0.4) is 0 Å². The van der Waals surface area contributed by atoms with Gasteiger partial charge in [0.15, 0.2) is 17.3 Å². The van der Waals surface area contributed by atoms with E-state index in [1.165, 1.54) is 0 Å². The topological polar surface area (TPSA) is 79.0 Å². The van der Waals surface area contributed by atoms with E-state index in [0.29, 0.717) is 17.6 Å². The van der Waals surface area contributed by atoms with Crippen LogP contribution in [-0.2, 0) is 0 Å². The van der Waals surface area contributed by atoms with Crippen LogP contribution in [0.4, 0.5) is 0 Å². The van der Waals surface area contributed by atoms with E-state index in [0.717, 1.165) is 88.8 Å². The largest absolute Gasteiger partial charge is 0.455 e. The molecule has 0 spiro atoms. The maximum atomic E-state index is 6.38. The monoisotopic (exact) mass is 719 g/mol. The fourth-order valence-corrected chi connectivity index (χ4v) is 8.22. The molecule has 0 aliphatic rings. The molecule has 5 aromatic heterocycles. The lowest BCUT2D eigenvalue weighted by atomic mass is 10.0. The summed E-state index contributed by atoms with van der Waals surface area (Å²) >= 11 is 0. The van der Waals surface area contributed by atoms with Crippen molar-refractivity contribution in [3.63, 3.8) is 0 Å². The predicted octanol–water partition coefficient (Wildman–Crippen LogP) is 11.5. The molecule has 8 heteroatoms. The molecule has 7 aromatic carbocycles. The first-order valence-corrected chi connectivity index (χ1v) is 18.6. The minimum absolute atomic E-state index is 0.515. The Bertz CT molecular complexity index is 3470. The molecule has 0 atom stereocenters. The third-order valence-corrected chi connectivity index (χ3v) is 10.7. The molecule has 0 saturated heterocycles. The van der Waals surface area contributed by atoms with Crippen LogP contribution < -0.4 is 0 Å². The first-order valence-electron chi connectivity index (χ1n) is 18.6. The second kappa shape index (κ2) is 11.8. The molecule has 0 bridgehead atoms. The molecular formula is C48H29N7O.